The molecule has 0 amide bonds. The van der Waals surface area contributed by atoms with Gasteiger partial charge in [-0.25, -0.2) is 0 Å². The second-order valence-electron chi connectivity index (χ2n) is 4.75. The molecule has 0 aliphatic heterocycles. The molecule has 1 fully saturated rings. The Morgan fingerprint density at radius 2 is 1.94 bits per heavy atom. The highest BCUT2D eigenvalue weighted by Gasteiger charge is 2.40. The predicted octanol–water partition coefficient (Wildman–Crippen LogP) is 4.50. The van der Waals surface area contributed by atoms with Crippen molar-refractivity contribution in [3.8, 4) is 0 Å². The first kappa shape index (κ1) is 13.4. The number of non-ortho nitro benzene ring substituents is 1. The third-order valence-electron chi connectivity index (χ3n) is 3.58. The van der Waals surface area contributed by atoms with Crippen molar-refractivity contribution in [3.63, 3.8) is 0 Å². The SMILES string of the molecule is CCC1(CNc2c(Cl)cc([N+](=O)[O-])cc2Cl)CC1. The summed E-state index contributed by atoms with van der Waals surface area (Å²) >= 11 is 12.0. The number of halogens is 2. The van der Waals surface area contributed by atoms with E-state index >= 15 is 0 Å². The molecule has 1 aliphatic carbocycles. The largest absolute Gasteiger partial charge is 0.382 e. The number of nitro benzene ring substituents is 1. The Balaban J connectivity index is 2.15. The number of anilines is 1. The summed E-state index contributed by atoms with van der Waals surface area (Å²) in [5.41, 5.74) is 0.852. The minimum atomic E-state index is -0.504. The molecular formula is C12H14Cl2N2O2. The van der Waals surface area contributed by atoms with Gasteiger partial charge >= 0.3 is 0 Å². The molecular weight excluding hydrogens is 275 g/mol. The molecule has 1 aromatic rings. The second kappa shape index (κ2) is 4.94. The Hall–Kier alpha value is -1.00. The molecule has 0 atom stereocenters. The van der Waals surface area contributed by atoms with E-state index in [2.05, 4.69) is 12.2 Å². The van der Waals surface area contributed by atoms with Gasteiger partial charge in [-0.2, -0.15) is 0 Å². The molecule has 1 aliphatic rings. The zero-order valence-electron chi connectivity index (χ0n) is 10.0. The Bertz CT molecular complexity index is 464. The molecule has 1 N–H and O–H groups in total. The van der Waals surface area contributed by atoms with Crippen LogP contribution in [0, 0.1) is 15.5 Å². The van der Waals surface area contributed by atoms with E-state index in [1.165, 1.54) is 25.0 Å². The number of nitrogens with zero attached hydrogens (tertiary/aromatic N) is 1. The van der Waals surface area contributed by atoms with E-state index in [9.17, 15) is 10.1 Å². The molecule has 6 heteroatoms. The molecule has 18 heavy (non-hydrogen) atoms. The molecule has 2 rings (SSSR count). The second-order valence-corrected chi connectivity index (χ2v) is 5.56. The number of nitro groups is 1. The standard InChI is InChI=1S/C12H14Cl2N2O2/c1-2-12(3-4-12)7-15-11-9(13)5-8(16(17)18)6-10(11)14/h5-6,15H,2-4,7H2,1H3. The van der Waals surface area contributed by atoms with Crippen molar-refractivity contribution in [2.75, 3.05) is 11.9 Å². The van der Waals surface area contributed by atoms with Crippen molar-refractivity contribution in [1.29, 1.82) is 0 Å². The minimum absolute atomic E-state index is 0.0906. The molecule has 0 heterocycles. The fourth-order valence-electron chi connectivity index (χ4n) is 1.94. The van der Waals surface area contributed by atoms with E-state index in [4.69, 9.17) is 23.2 Å². The first-order valence-corrected chi connectivity index (χ1v) is 6.60. The maximum absolute atomic E-state index is 10.7. The van der Waals surface area contributed by atoms with Gasteiger partial charge in [-0.3, -0.25) is 10.1 Å². The van der Waals surface area contributed by atoms with Gasteiger partial charge < -0.3 is 5.32 Å². The normalized spacial score (nSPS) is 16.4. The molecule has 0 saturated heterocycles. The highest BCUT2D eigenvalue weighted by atomic mass is 35.5. The van der Waals surface area contributed by atoms with Crippen LogP contribution in [0.25, 0.3) is 0 Å². The molecule has 0 unspecified atom stereocenters. The van der Waals surface area contributed by atoms with Crippen LogP contribution >= 0.6 is 23.2 Å². The van der Waals surface area contributed by atoms with Crippen LogP contribution in [0.1, 0.15) is 26.2 Å². The maximum atomic E-state index is 10.7. The van der Waals surface area contributed by atoms with Gasteiger partial charge in [-0.1, -0.05) is 30.1 Å². The first-order valence-electron chi connectivity index (χ1n) is 5.85. The van der Waals surface area contributed by atoms with Crippen molar-refractivity contribution >= 4 is 34.6 Å². The van der Waals surface area contributed by atoms with Crippen LogP contribution in [0.2, 0.25) is 10.0 Å². The Morgan fingerprint density at radius 1 is 1.39 bits per heavy atom. The van der Waals surface area contributed by atoms with Gasteiger partial charge in [0.15, 0.2) is 0 Å². The van der Waals surface area contributed by atoms with Crippen molar-refractivity contribution in [2.45, 2.75) is 26.2 Å². The number of nitrogens with one attached hydrogen (secondary N) is 1. The van der Waals surface area contributed by atoms with Crippen LogP contribution in [0.5, 0.6) is 0 Å². The third kappa shape index (κ3) is 2.70. The lowest BCUT2D eigenvalue weighted by Crippen LogP contribution is -2.14. The summed E-state index contributed by atoms with van der Waals surface area (Å²) in [6, 6.07) is 2.64. The summed E-state index contributed by atoms with van der Waals surface area (Å²) in [6.07, 6.45) is 3.53. The van der Waals surface area contributed by atoms with Crippen LogP contribution < -0.4 is 5.32 Å². The molecule has 0 radical (unpaired) electrons. The average molecular weight is 289 g/mol. The molecule has 0 spiro atoms. The van der Waals surface area contributed by atoms with Crippen LogP contribution in [-0.4, -0.2) is 11.5 Å². The van der Waals surface area contributed by atoms with Crippen molar-refractivity contribution in [1.82, 2.24) is 0 Å². The van der Waals surface area contributed by atoms with Gasteiger partial charge in [-0.15, -0.1) is 0 Å². The summed E-state index contributed by atoms with van der Waals surface area (Å²) in [5, 5.41) is 14.5. The number of hydrogen-bond donors (Lipinski definition) is 1. The minimum Gasteiger partial charge on any atom is -0.382 e. The summed E-state index contributed by atoms with van der Waals surface area (Å²) in [6.45, 7) is 2.97. The fourth-order valence-corrected chi connectivity index (χ4v) is 2.55. The average Bonchev–Trinajstić information content (AvgIpc) is 3.08. The van der Waals surface area contributed by atoms with E-state index < -0.39 is 4.92 Å². The highest BCUT2D eigenvalue weighted by Crippen LogP contribution is 2.49. The van der Waals surface area contributed by atoms with Crippen molar-refractivity contribution in [2.24, 2.45) is 5.41 Å². The smallest absolute Gasteiger partial charge is 0.272 e. The van der Waals surface area contributed by atoms with E-state index in [1.807, 2.05) is 0 Å². The molecule has 1 aromatic carbocycles. The molecule has 98 valence electrons. The maximum Gasteiger partial charge on any atom is 0.272 e. The number of hydrogen-bond acceptors (Lipinski definition) is 3. The summed E-state index contributed by atoms with van der Waals surface area (Å²) in [4.78, 5) is 10.2. The van der Waals surface area contributed by atoms with Crippen LogP contribution in [0.4, 0.5) is 11.4 Å². The van der Waals surface area contributed by atoms with Gasteiger partial charge in [0, 0.05) is 18.7 Å². The van der Waals surface area contributed by atoms with E-state index in [-0.39, 0.29) is 5.69 Å². The molecule has 0 aromatic heterocycles. The van der Waals surface area contributed by atoms with Gasteiger partial charge in [0.05, 0.1) is 20.7 Å². The monoisotopic (exact) mass is 288 g/mol. The quantitative estimate of drug-likeness (QED) is 0.641. The topological polar surface area (TPSA) is 55.2 Å². The highest BCUT2D eigenvalue weighted by molar-refractivity contribution is 6.39. The van der Waals surface area contributed by atoms with Gasteiger partial charge in [0.25, 0.3) is 5.69 Å². The lowest BCUT2D eigenvalue weighted by molar-refractivity contribution is -0.384. The zero-order valence-corrected chi connectivity index (χ0v) is 11.5. The molecule has 4 nitrogen and oxygen atoms in total. The Labute approximate surface area is 115 Å². The summed E-state index contributed by atoms with van der Waals surface area (Å²) in [7, 11) is 0. The van der Waals surface area contributed by atoms with Crippen LogP contribution in [-0.2, 0) is 0 Å². The molecule has 0 bridgehead atoms. The van der Waals surface area contributed by atoms with Crippen LogP contribution in [0.15, 0.2) is 12.1 Å². The lowest BCUT2D eigenvalue weighted by Gasteiger charge is -2.16. The van der Waals surface area contributed by atoms with E-state index in [1.54, 1.807) is 0 Å². The van der Waals surface area contributed by atoms with Crippen molar-refractivity contribution < 1.29 is 4.92 Å². The fraction of sp³-hybridized carbons (Fsp3) is 0.500. The summed E-state index contributed by atoms with van der Waals surface area (Å²) in [5.74, 6) is 0. The molecule has 1 saturated carbocycles. The van der Waals surface area contributed by atoms with Crippen LogP contribution in [0.3, 0.4) is 0 Å². The number of benzene rings is 1. The van der Waals surface area contributed by atoms with Gasteiger partial charge in [0.2, 0.25) is 0 Å². The third-order valence-corrected chi connectivity index (χ3v) is 4.18. The van der Waals surface area contributed by atoms with Gasteiger partial charge in [-0.05, 0) is 24.7 Å². The van der Waals surface area contributed by atoms with Crippen molar-refractivity contribution in [3.05, 3.63) is 32.3 Å². The Morgan fingerprint density at radius 3 is 2.33 bits per heavy atom. The first-order chi connectivity index (χ1) is 8.47. The Kier molecular flexibility index (Phi) is 3.69. The lowest BCUT2D eigenvalue weighted by atomic mass is 10.0. The predicted molar refractivity (Wildman–Crippen MR) is 73.6 cm³/mol. The zero-order chi connectivity index (χ0) is 13.3. The summed E-state index contributed by atoms with van der Waals surface area (Å²) < 4.78 is 0. The van der Waals surface area contributed by atoms with E-state index in [0.717, 1.165) is 13.0 Å². The van der Waals surface area contributed by atoms with Gasteiger partial charge in [0.1, 0.15) is 0 Å². The van der Waals surface area contributed by atoms with E-state index in [0.29, 0.717) is 21.1 Å². The number of rotatable bonds is 5.